The number of nitrogens with one attached hydrogen (secondary N) is 2. The van der Waals surface area contributed by atoms with Crippen molar-refractivity contribution in [3.8, 4) is 0 Å². The van der Waals surface area contributed by atoms with Crippen LogP contribution < -0.4 is 0 Å². The lowest BCUT2D eigenvalue weighted by atomic mass is 9.71. The molecule has 2 N–H and O–H groups in total. The number of hydrogen-bond acceptors (Lipinski definition) is 4. The van der Waals surface area contributed by atoms with Gasteiger partial charge in [-0.25, -0.2) is 0 Å². The van der Waals surface area contributed by atoms with Crippen LogP contribution in [0.3, 0.4) is 0 Å². The van der Waals surface area contributed by atoms with Gasteiger partial charge in [0.1, 0.15) is 0 Å². The first-order valence-corrected chi connectivity index (χ1v) is 6.64. The molecular formula is C15H32N2O2. The van der Waals surface area contributed by atoms with E-state index in [2.05, 4.69) is 32.4 Å². The molecule has 0 atom stereocenters. The van der Waals surface area contributed by atoms with Crippen molar-refractivity contribution in [1.82, 2.24) is 0 Å². The minimum atomic E-state index is 0.0820. The Labute approximate surface area is 118 Å². The smallest absolute Gasteiger partial charge is 0.180 e. The Hall–Kier alpha value is -0.900. The zero-order valence-electron chi connectivity index (χ0n) is 13.7. The third-order valence-corrected chi connectivity index (χ3v) is 2.81. The molecule has 0 unspecified atom stereocenters. The largest absolute Gasteiger partial charge is 0.484 e. The lowest BCUT2D eigenvalue weighted by Crippen LogP contribution is -2.26. The average Bonchev–Trinajstić information content (AvgIpc) is 2.25. The highest BCUT2D eigenvalue weighted by Crippen LogP contribution is 2.39. The Morgan fingerprint density at radius 2 is 1.53 bits per heavy atom. The summed E-state index contributed by atoms with van der Waals surface area (Å²) in [5.74, 6) is 0.354. The molecule has 0 heterocycles. The van der Waals surface area contributed by atoms with Crippen molar-refractivity contribution in [1.29, 1.82) is 10.8 Å². The van der Waals surface area contributed by atoms with Gasteiger partial charge >= 0.3 is 0 Å². The van der Waals surface area contributed by atoms with E-state index in [1.54, 1.807) is 21.3 Å². The maximum Gasteiger partial charge on any atom is 0.180 e. The molecule has 4 heteroatoms. The zero-order valence-corrected chi connectivity index (χ0v) is 13.7. The predicted octanol–water partition coefficient (Wildman–Crippen LogP) is 4.14. The third-order valence-electron chi connectivity index (χ3n) is 2.81. The predicted molar refractivity (Wildman–Crippen MR) is 82.5 cm³/mol. The van der Waals surface area contributed by atoms with Crippen molar-refractivity contribution in [2.45, 2.75) is 53.4 Å². The van der Waals surface area contributed by atoms with E-state index in [0.29, 0.717) is 12.3 Å². The monoisotopic (exact) mass is 272 g/mol. The molecule has 4 nitrogen and oxygen atoms in total. The van der Waals surface area contributed by atoms with Crippen LogP contribution in [0.25, 0.3) is 0 Å². The standard InChI is InChI=1S/C13H26N2O.C2H6O/c1-12(2,7-6-8-14)10-13(3,4)9-11(15)16-5;1-3-2/h8,14-15H,6-7,9-10H2,1-5H3;1-2H3. The summed E-state index contributed by atoms with van der Waals surface area (Å²) in [7, 11) is 4.80. The molecular weight excluding hydrogens is 240 g/mol. The van der Waals surface area contributed by atoms with Gasteiger partial charge in [0.2, 0.25) is 0 Å². The van der Waals surface area contributed by atoms with E-state index >= 15 is 0 Å². The number of ether oxygens (including phenoxy) is 2. The highest BCUT2D eigenvalue weighted by molar-refractivity contribution is 5.73. The molecule has 0 saturated heterocycles. The Balaban J connectivity index is 0. The molecule has 0 aliphatic heterocycles. The van der Waals surface area contributed by atoms with Crippen molar-refractivity contribution in [2.24, 2.45) is 10.8 Å². The summed E-state index contributed by atoms with van der Waals surface area (Å²) in [6, 6.07) is 0. The molecule has 0 aliphatic carbocycles. The van der Waals surface area contributed by atoms with Gasteiger partial charge in [-0.1, -0.05) is 27.7 Å². The van der Waals surface area contributed by atoms with Crippen LogP contribution in [-0.2, 0) is 9.47 Å². The van der Waals surface area contributed by atoms with Gasteiger partial charge in [0.15, 0.2) is 5.90 Å². The van der Waals surface area contributed by atoms with Crippen LogP contribution in [0.5, 0.6) is 0 Å². The van der Waals surface area contributed by atoms with Crippen LogP contribution in [0.15, 0.2) is 0 Å². The Morgan fingerprint density at radius 1 is 1.05 bits per heavy atom. The second-order valence-corrected chi connectivity index (χ2v) is 6.46. The highest BCUT2D eigenvalue weighted by Gasteiger charge is 2.29. The van der Waals surface area contributed by atoms with E-state index in [1.165, 1.54) is 6.21 Å². The summed E-state index contributed by atoms with van der Waals surface area (Å²) in [5.41, 5.74) is 0.299. The second kappa shape index (κ2) is 9.96. The fraction of sp³-hybridized carbons (Fsp3) is 0.867. The first kappa shape index (κ1) is 20.4. The van der Waals surface area contributed by atoms with Crippen LogP contribution in [-0.4, -0.2) is 33.4 Å². The summed E-state index contributed by atoms with van der Waals surface area (Å²) in [4.78, 5) is 0. The van der Waals surface area contributed by atoms with Crippen molar-refractivity contribution < 1.29 is 9.47 Å². The second-order valence-electron chi connectivity index (χ2n) is 6.46. The first-order valence-electron chi connectivity index (χ1n) is 6.64. The van der Waals surface area contributed by atoms with E-state index in [0.717, 1.165) is 19.3 Å². The summed E-state index contributed by atoms with van der Waals surface area (Å²) >= 11 is 0. The minimum absolute atomic E-state index is 0.0820. The molecule has 0 radical (unpaired) electrons. The third kappa shape index (κ3) is 13.3. The molecule has 0 aromatic rings. The van der Waals surface area contributed by atoms with Crippen molar-refractivity contribution in [3.05, 3.63) is 0 Å². The normalized spacial score (nSPS) is 11.3. The molecule has 0 fully saturated rings. The summed E-state index contributed by atoms with van der Waals surface area (Å²) < 4.78 is 9.18. The molecule has 0 saturated carbocycles. The minimum Gasteiger partial charge on any atom is -0.484 e. The SMILES string of the molecule is COC.COC(=N)CC(C)(C)CC(C)(C)CCC=N. The van der Waals surface area contributed by atoms with Gasteiger partial charge in [-0.05, 0) is 36.3 Å². The first-order chi connectivity index (χ1) is 8.64. The number of methoxy groups -OCH3 is 2. The average molecular weight is 272 g/mol. The van der Waals surface area contributed by atoms with E-state index in [1.807, 2.05) is 0 Å². The van der Waals surface area contributed by atoms with Crippen molar-refractivity contribution in [2.75, 3.05) is 21.3 Å². The van der Waals surface area contributed by atoms with Crippen LogP contribution in [0.1, 0.15) is 53.4 Å². The van der Waals surface area contributed by atoms with Crippen LogP contribution >= 0.6 is 0 Å². The Kier molecular flexibility index (Phi) is 10.7. The lowest BCUT2D eigenvalue weighted by Gasteiger charge is -2.34. The molecule has 0 amide bonds. The molecule has 0 bridgehead atoms. The van der Waals surface area contributed by atoms with Crippen molar-refractivity contribution >= 4 is 12.1 Å². The van der Waals surface area contributed by atoms with E-state index in [-0.39, 0.29) is 10.8 Å². The zero-order chi connectivity index (χ0) is 15.5. The van der Waals surface area contributed by atoms with Gasteiger partial charge in [-0.3, -0.25) is 5.41 Å². The van der Waals surface area contributed by atoms with E-state index in [9.17, 15) is 0 Å². The van der Waals surface area contributed by atoms with Gasteiger partial charge in [0.05, 0.1) is 7.11 Å². The summed E-state index contributed by atoms with van der Waals surface area (Å²) in [6.07, 6.45) is 5.06. The van der Waals surface area contributed by atoms with Crippen molar-refractivity contribution in [3.63, 3.8) is 0 Å². The summed E-state index contributed by atoms with van der Waals surface area (Å²) in [5, 5.41) is 14.7. The fourth-order valence-corrected chi connectivity index (χ4v) is 2.42. The topological polar surface area (TPSA) is 66.2 Å². The molecule has 0 aliphatic rings. The van der Waals surface area contributed by atoms with Crippen LogP contribution in [0.2, 0.25) is 0 Å². The van der Waals surface area contributed by atoms with Gasteiger partial charge in [0.25, 0.3) is 0 Å². The van der Waals surface area contributed by atoms with Crippen LogP contribution in [0, 0.1) is 21.6 Å². The maximum atomic E-state index is 7.58. The molecule has 114 valence electrons. The molecule has 0 aromatic carbocycles. The van der Waals surface area contributed by atoms with Gasteiger partial charge in [-0.2, -0.15) is 0 Å². The van der Waals surface area contributed by atoms with E-state index in [4.69, 9.17) is 15.6 Å². The maximum absolute atomic E-state index is 7.58. The lowest BCUT2D eigenvalue weighted by molar-refractivity contribution is 0.183. The molecule has 0 spiro atoms. The molecule has 0 rings (SSSR count). The van der Waals surface area contributed by atoms with Crippen LogP contribution in [0.4, 0.5) is 0 Å². The van der Waals surface area contributed by atoms with Gasteiger partial charge < -0.3 is 14.9 Å². The van der Waals surface area contributed by atoms with Gasteiger partial charge in [0, 0.05) is 20.6 Å². The number of rotatable bonds is 7. The number of hydrogen-bond donors (Lipinski definition) is 2. The van der Waals surface area contributed by atoms with Gasteiger partial charge in [-0.15, -0.1) is 0 Å². The Morgan fingerprint density at radius 3 is 1.89 bits per heavy atom. The Bertz CT molecular complexity index is 261. The molecule has 0 aromatic heterocycles. The fourth-order valence-electron chi connectivity index (χ4n) is 2.42. The quantitative estimate of drug-likeness (QED) is 0.540. The molecule has 19 heavy (non-hydrogen) atoms. The summed E-state index contributed by atoms with van der Waals surface area (Å²) in [6.45, 7) is 8.81. The van der Waals surface area contributed by atoms with E-state index < -0.39 is 0 Å². The highest BCUT2D eigenvalue weighted by atomic mass is 16.5.